The van der Waals surface area contributed by atoms with Crippen molar-refractivity contribution in [1.29, 1.82) is 0 Å². The van der Waals surface area contributed by atoms with Gasteiger partial charge in [0.15, 0.2) is 5.16 Å². The van der Waals surface area contributed by atoms with Crippen LogP contribution in [-0.4, -0.2) is 38.1 Å². The van der Waals surface area contributed by atoms with Crippen LogP contribution in [0.15, 0.2) is 71.1 Å². The van der Waals surface area contributed by atoms with Gasteiger partial charge in [-0.2, -0.15) is 0 Å². The standard InChI is InChI=1S/C22H22N4O3S/c1-3-13-25-20(27)18-7-5-6-8-19(18)26-21(25)23-24-22(26)30-15-14-29-17-11-9-16(10-12-17)28-4-2/h3,5-12H,1,4,13-15H2,2H3. The Hall–Kier alpha value is -3.26. The molecule has 0 amide bonds. The second-order valence-electron chi connectivity index (χ2n) is 6.44. The van der Waals surface area contributed by atoms with E-state index in [0.717, 1.165) is 17.0 Å². The van der Waals surface area contributed by atoms with Gasteiger partial charge in [-0.25, -0.2) is 0 Å². The first-order chi connectivity index (χ1) is 14.7. The van der Waals surface area contributed by atoms with E-state index in [-0.39, 0.29) is 5.56 Å². The van der Waals surface area contributed by atoms with Gasteiger partial charge in [-0.1, -0.05) is 30.0 Å². The summed E-state index contributed by atoms with van der Waals surface area (Å²) in [7, 11) is 0. The van der Waals surface area contributed by atoms with Gasteiger partial charge in [-0.3, -0.25) is 13.8 Å². The molecular formula is C22H22N4O3S. The smallest absolute Gasteiger partial charge is 0.263 e. The number of hydrogen-bond donors (Lipinski definition) is 0. The van der Waals surface area contributed by atoms with E-state index in [0.29, 0.717) is 41.8 Å². The molecule has 2 aromatic carbocycles. The molecule has 0 spiro atoms. The molecule has 8 heteroatoms. The fourth-order valence-corrected chi connectivity index (χ4v) is 3.97. The van der Waals surface area contributed by atoms with Crippen LogP contribution in [0.5, 0.6) is 11.5 Å². The average Bonchev–Trinajstić information content (AvgIpc) is 3.19. The maximum absolute atomic E-state index is 12.8. The van der Waals surface area contributed by atoms with E-state index in [1.165, 1.54) is 11.8 Å². The number of benzene rings is 2. The zero-order valence-electron chi connectivity index (χ0n) is 16.7. The molecular weight excluding hydrogens is 400 g/mol. The lowest BCUT2D eigenvalue weighted by atomic mass is 10.2. The van der Waals surface area contributed by atoms with Crippen molar-refractivity contribution in [2.75, 3.05) is 19.0 Å². The van der Waals surface area contributed by atoms with Crippen LogP contribution < -0.4 is 15.0 Å². The molecule has 4 aromatic rings. The van der Waals surface area contributed by atoms with E-state index in [1.807, 2.05) is 59.9 Å². The summed E-state index contributed by atoms with van der Waals surface area (Å²) in [6.07, 6.45) is 1.68. The molecule has 4 rings (SSSR count). The van der Waals surface area contributed by atoms with Crippen LogP contribution >= 0.6 is 11.8 Å². The maximum atomic E-state index is 12.8. The Morgan fingerprint density at radius 3 is 2.53 bits per heavy atom. The molecule has 0 fully saturated rings. The lowest BCUT2D eigenvalue weighted by Gasteiger charge is -2.10. The van der Waals surface area contributed by atoms with Gasteiger partial charge in [0.1, 0.15) is 11.5 Å². The van der Waals surface area contributed by atoms with Crippen molar-refractivity contribution in [3.63, 3.8) is 0 Å². The predicted molar refractivity (Wildman–Crippen MR) is 119 cm³/mol. The zero-order chi connectivity index (χ0) is 20.9. The summed E-state index contributed by atoms with van der Waals surface area (Å²) < 4.78 is 14.8. The van der Waals surface area contributed by atoms with Gasteiger partial charge in [0, 0.05) is 12.3 Å². The van der Waals surface area contributed by atoms with Crippen molar-refractivity contribution in [3.05, 3.63) is 71.5 Å². The molecule has 0 N–H and O–H groups in total. The number of aromatic nitrogens is 4. The quantitative estimate of drug-likeness (QED) is 0.232. The van der Waals surface area contributed by atoms with Crippen molar-refractivity contribution >= 4 is 28.4 Å². The van der Waals surface area contributed by atoms with Crippen LogP contribution in [0.3, 0.4) is 0 Å². The molecule has 0 aliphatic rings. The number of para-hydroxylation sites is 1. The van der Waals surface area contributed by atoms with E-state index in [2.05, 4.69) is 16.8 Å². The number of hydrogen-bond acceptors (Lipinski definition) is 6. The van der Waals surface area contributed by atoms with Gasteiger partial charge in [-0.05, 0) is 43.3 Å². The normalized spacial score (nSPS) is 11.1. The van der Waals surface area contributed by atoms with E-state index in [1.54, 1.807) is 10.6 Å². The third-order valence-corrected chi connectivity index (χ3v) is 5.40. The van der Waals surface area contributed by atoms with Gasteiger partial charge >= 0.3 is 0 Å². The minimum absolute atomic E-state index is 0.0965. The van der Waals surface area contributed by atoms with Crippen LogP contribution in [0, 0.1) is 0 Å². The van der Waals surface area contributed by atoms with Crippen LogP contribution in [0.2, 0.25) is 0 Å². The van der Waals surface area contributed by atoms with Gasteiger partial charge in [0.2, 0.25) is 5.78 Å². The highest BCUT2D eigenvalue weighted by molar-refractivity contribution is 7.99. The summed E-state index contributed by atoms with van der Waals surface area (Å²) in [6, 6.07) is 15.1. The molecule has 154 valence electrons. The van der Waals surface area contributed by atoms with Crippen molar-refractivity contribution in [1.82, 2.24) is 19.2 Å². The highest BCUT2D eigenvalue weighted by Crippen LogP contribution is 2.22. The van der Waals surface area contributed by atoms with Gasteiger partial charge in [-0.15, -0.1) is 16.8 Å². The Morgan fingerprint density at radius 1 is 1.07 bits per heavy atom. The number of thioether (sulfide) groups is 1. The third-order valence-electron chi connectivity index (χ3n) is 4.51. The highest BCUT2D eigenvalue weighted by atomic mass is 32.2. The van der Waals surface area contributed by atoms with E-state index >= 15 is 0 Å². The van der Waals surface area contributed by atoms with Crippen LogP contribution in [0.4, 0.5) is 0 Å². The molecule has 30 heavy (non-hydrogen) atoms. The summed E-state index contributed by atoms with van der Waals surface area (Å²) >= 11 is 1.53. The molecule has 2 heterocycles. The fourth-order valence-electron chi connectivity index (χ4n) is 3.21. The first-order valence-electron chi connectivity index (χ1n) is 9.69. The summed E-state index contributed by atoms with van der Waals surface area (Å²) in [4.78, 5) is 12.8. The van der Waals surface area contributed by atoms with Crippen LogP contribution in [-0.2, 0) is 6.54 Å². The minimum atomic E-state index is -0.0965. The predicted octanol–water partition coefficient (Wildman–Crippen LogP) is 3.80. The number of allylic oxidation sites excluding steroid dienone is 1. The Labute approximate surface area is 178 Å². The Balaban J connectivity index is 1.53. The van der Waals surface area contributed by atoms with Crippen molar-refractivity contribution in [2.45, 2.75) is 18.6 Å². The Morgan fingerprint density at radius 2 is 1.80 bits per heavy atom. The van der Waals surface area contributed by atoms with Crippen molar-refractivity contribution in [3.8, 4) is 11.5 Å². The van der Waals surface area contributed by atoms with Gasteiger partial charge in [0.05, 0.1) is 24.1 Å². The summed E-state index contributed by atoms with van der Waals surface area (Å²) in [5.74, 6) is 2.80. The first kappa shape index (κ1) is 20.0. The molecule has 7 nitrogen and oxygen atoms in total. The molecule has 2 aromatic heterocycles. The molecule has 0 radical (unpaired) electrons. The monoisotopic (exact) mass is 422 g/mol. The summed E-state index contributed by atoms with van der Waals surface area (Å²) in [6.45, 7) is 7.22. The summed E-state index contributed by atoms with van der Waals surface area (Å²) in [5.41, 5.74) is 0.693. The lowest BCUT2D eigenvalue weighted by Crippen LogP contribution is -2.22. The van der Waals surface area contributed by atoms with Gasteiger partial charge < -0.3 is 9.47 Å². The molecule has 0 aliphatic heterocycles. The fraction of sp³-hybridized carbons (Fsp3) is 0.227. The SMILES string of the molecule is C=CCn1c(=O)c2ccccc2n2c(SCCOc3ccc(OCC)cc3)nnc12. The molecule has 0 aliphatic carbocycles. The molecule has 0 unspecified atom stereocenters. The number of nitrogens with zero attached hydrogens (tertiary/aromatic N) is 4. The zero-order valence-corrected chi connectivity index (χ0v) is 17.5. The van der Waals surface area contributed by atoms with Gasteiger partial charge in [0.25, 0.3) is 5.56 Å². The number of ether oxygens (including phenoxy) is 2. The Bertz CT molecular complexity index is 1230. The summed E-state index contributed by atoms with van der Waals surface area (Å²) in [5, 5.41) is 9.92. The number of rotatable bonds is 9. The second-order valence-corrected chi connectivity index (χ2v) is 7.50. The topological polar surface area (TPSA) is 70.7 Å². The third kappa shape index (κ3) is 3.91. The molecule has 0 saturated carbocycles. The minimum Gasteiger partial charge on any atom is -0.494 e. The largest absolute Gasteiger partial charge is 0.494 e. The molecule has 0 saturated heterocycles. The first-order valence-corrected chi connectivity index (χ1v) is 10.7. The van der Waals surface area contributed by atoms with E-state index < -0.39 is 0 Å². The lowest BCUT2D eigenvalue weighted by molar-refractivity contribution is 0.332. The van der Waals surface area contributed by atoms with Crippen molar-refractivity contribution < 1.29 is 9.47 Å². The van der Waals surface area contributed by atoms with E-state index in [9.17, 15) is 4.79 Å². The number of fused-ring (bicyclic) bond motifs is 3. The highest BCUT2D eigenvalue weighted by Gasteiger charge is 2.16. The average molecular weight is 423 g/mol. The van der Waals surface area contributed by atoms with Crippen LogP contribution in [0.25, 0.3) is 16.7 Å². The Kier molecular flexibility index (Phi) is 6.04. The molecule has 0 atom stereocenters. The maximum Gasteiger partial charge on any atom is 0.263 e. The molecule has 0 bridgehead atoms. The second kappa shape index (κ2) is 9.04. The van der Waals surface area contributed by atoms with Crippen LogP contribution in [0.1, 0.15) is 6.92 Å². The van der Waals surface area contributed by atoms with Crippen molar-refractivity contribution in [2.24, 2.45) is 0 Å². The van der Waals surface area contributed by atoms with E-state index in [4.69, 9.17) is 9.47 Å².